The number of rotatable bonds is 5. The number of aromatic nitrogens is 4. The van der Waals surface area contributed by atoms with Crippen LogP contribution in [-0.4, -0.2) is 30.8 Å². The molecule has 0 aliphatic rings. The average molecular weight is 462 g/mol. The summed E-state index contributed by atoms with van der Waals surface area (Å²) >= 11 is 1.14. The second-order valence-corrected chi connectivity index (χ2v) is 8.67. The number of carbonyl (C=O) groups is 1. The van der Waals surface area contributed by atoms with Crippen LogP contribution in [0.15, 0.2) is 63.1 Å². The molecule has 0 saturated heterocycles. The van der Waals surface area contributed by atoms with Gasteiger partial charge in [-0.05, 0) is 31.0 Å². The second kappa shape index (κ2) is 9.03. The van der Waals surface area contributed by atoms with E-state index in [1.54, 1.807) is 7.05 Å². The molecule has 4 rings (SSSR count). The summed E-state index contributed by atoms with van der Waals surface area (Å²) in [5.41, 5.74) is 2.83. The van der Waals surface area contributed by atoms with Crippen molar-refractivity contribution in [2.75, 3.05) is 11.1 Å². The van der Waals surface area contributed by atoms with Crippen LogP contribution in [0.1, 0.15) is 11.1 Å². The summed E-state index contributed by atoms with van der Waals surface area (Å²) in [6.07, 6.45) is 0. The van der Waals surface area contributed by atoms with E-state index in [2.05, 4.69) is 15.3 Å². The summed E-state index contributed by atoms with van der Waals surface area (Å²) in [6, 6.07) is 15.0. The standard InChI is InChI=1S/C24H23N5O3S/c1-14-9-8-12-17(15(14)2)25-18(30)13-33-22-19-21(28(3)24(32)29(4)23(19)31)26-20(27-22)16-10-6-5-7-11-16/h5-12H,13H2,1-4H3,(H,25,30). The van der Waals surface area contributed by atoms with Gasteiger partial charge in [-0.1, -0.05) is 54.2 Å². The van der Waals surface area contributed by atoms with Crippen LogP contribution in [-0.2, 0) is 18.9 Å². The molecule has 168 valence electrons. The minimum absolute atomic E-state index is 0.0414. The first-order valence-electron chi connectivity index (χ1n) is 10.3. The molecule has 2 heterocycles. The van der Waals surface area contributed by atoms with Crippen molar-refractivity contribution in [3.05, 3.63) is 80.5 Å². The number of benzene rings is 2. The number of amides is 1. The summed E-state index contributed by atoms with van der Waals surface area (Å²) in [4.78, 5) is 47.2. The lowest BCUT2D eigenvalue weighted by molar-refractivity contribution is -0.113. The number of thioether (sulfide) groups is 1. The van der Waals surface area contributed by atoms with Crippen LogP contribution in [0.2, 0.25) is 0 Å². The van der Waals surface area contributed by atoms with Gasteiger partial charge in [0.15, 0.2) is 11.5 Å². The molecule has 0 aliphatic heterocycles. The van der Waals surface area contributed by atoms with Crippen molar-refractivity contribution in [2.45, 2.75) is 18.9 Å². The zero-order valence-electron chi connectivity index (χ0n) is 18.7. The maximum Gasteiger partial charge on any atom is 0.332 e. The molecule has 2 aromatic carbocycles. The zero-order valence-corrected chi connectivity index (χ0v) is 19.6. The number of nitrogens with one attached hydrogen (secondary N) is 1. The van der Waals surface area contributed by atoms with Crippen LogP contribution in [0.5, 0.6) is 0 Å². The molecule has 0 fully saturated rings. The van der Waals surface area contributed by atoms with Crippen LogP contribution >= 0.6 is 11.8 Å². The smallest absolute Gasteiger partial charge is 0.325 e. The van der Waals surface area contributed by atoms with Gasteiger partial charge in [-0.3, -0.25) is 18.7 Å². The summed E-state index contributed by atoms with van der Waals surface area (Å²) in [7, 11) is 2.98. The molecule has 2 aromatic heterocycles. The van der Waals surface area contributed by atoms with Gasteiger partial charge in [0.05, 0.1) is 5.75 Å². The fourth-order valence-corrected chi connectivity index (χ4v) is 4.27. The van der Waals surface area contributed by atoms with E-state index in [1.807, 2.05) is 62.4 Å². The number of hydrogen-bond acceptors (Lipinski definition) is 6. The first-order chi connectivity index (χ1) is 15.8. The van der Waals surface area contributed by atoms with Crippen molar-refractivity contribution in [2.24, 2.45) is 14.1 Å². The topological polar surface area (TPSA) is 98.9 Å². The van der Waals surface area contributed by atoms with E-state index < -0.39 is 11.2 Å². The third-order valence-corrected chi connectivity index (χ3v) is 6.49. The van der Waals surface area contributed by atoms with Crippen LogP contribution in [0.25, 0.3) is 22.4 Å². The van der Waals surface area contributed by atoms with Crippen LogP contribution in [0.3, 0.4) is 0 Å². The molecule has 0 bridgehead atoms. The monoisotopic (exact) mass is 461 g/mol. The predicted octanol–water partition coefficient (Wildman–Crippen LogP) is 3.04. The molecule has 0 aliphatic carbocycles. The lowest BCUT2D eigenvalue weighted by Gasteiger charge is -2.13. The van der Waals surface area contributed by atoms with Gasteiger partial charge in [0.25, 0.3) is 5.56 Å². The van der Waals surface area contributed by atoms with Crippen LogP contribution in [0, 0.1) is 13.8 Å². The third kappa shape index (κ3) is 4.31. The number of fused-ring (bicyclic) bond motifs is 1. The Morgan fingerprint density at radius 2 is 1.70 bits per heavy atom. The van der Waals surface area contributed by atoms with Crippen molar-refractivity contribution in [3.63, 3.8) is 0 Å². The number of aryl methyl sites for hydroxylation is 2. The van der Waals surface area contributed by atoms with Gasteiger partial charge in [-0.15, -0.1) is 0 Å². The van der Waals surface area contributed by atoms with Crippen LogP contribution < -0.4 is 16.6 Å². The van der Waals surface area contributed by atoms with Gasteiger partial charge in [-0.25, -0.2) is 14.8 Å². The normalized spacial score (nSPS) is 11.0. The lowest BCUT2D eigenvalue weighted by Crippen LogP contribution is -2.37. The van der Waals surface area contributed by atoms with Gasteiger partial charge >= 0.3 is 5.69 Å². The highest BCUT2D eigenvalue weighted by Gasteiger charge is 2.19. The molecule has 0 radical (unpaired) electrons. The first-order valence-corrected chi connectivity index (χ1v) is 11.3. The Balaban J connectivity index is 1.75. The van der Waals surface area contributed by atoms with E-state index >= 15 is 0 Å². The van der Waals surface area contributed by atoms with Gasteiger partial charge in [-0.2, -0.15) is 0 Å². The molecular weight excluding hydrogens is 438 g/mol. The van der Waals surface area contributed by atoms with Crippen molar-refractivity contribution in [1.82, 2.24) is 19.1 Å². The predicted molar refractivity (Wildman–Crippen MR) is 131 cm³/mol. The molecule has 0 unspecified atom stereocenters. The Hall–Kier alpha value is -3.72. The Morgan fingerprint density at radius 1 is 0.970 bits per heavy atom. The summed E-state index contributed by atoms with van der Waals surface area (Å²) < 4.78 is 2.35. The molecule has 0 atom stereocenters. The zero-order chi connectivity index (χ0) is 23.7. The molecule has 0 spiro atoms. The summed E-state index contributed by atoms with van der Waals surface area (Å²) in [6.45, 7) is 3.93. The van der Waals surface area contributed by atoms with Gasteiger partial charge < -0.3 is 5.32 Å². The number of anilines is 1. The largest absolute Gasteiger partial charge is 0.332 e. The number of hydrogen-bond donors (Lipinski definition) is 1. The Kier molecular flexibility index (Phi) is 6.15. The summed E-state index contributed by atoms with van der Waals surface area (Å²) in [5, 5.41) is 3.49. The van der Waals surface area contributed by atoms with E-state index in [0.717, 1.165) is 38.7 Å². The van der Waals surface area contributed by atoms with E-state index in [0.29, 0.717) is 10.9 Å². The second-order valence-electron chi connectivity index (χ2n) is 7.71. The average Bonchev–Trinajstić information content (AvgIpc) is 2.83. The minimum atomic E-state index is -0.495. The quantitative estimate of drug-likeness (QED) is 0.362. The lowest BCUT2D eigenvalue weighted by atomic mass is 10.1. The van der Waals surface area contributed by atoms with E-state index in [1.165, 1.54) is 11.6 Å². The van der Waals surface area contributed by atoms with Crippen molar-refractivity contribution >= 4 is 34.4 Å². The van der Waals surface area contributed by atoms with Gasteiger partial charge in [0.1, 0.15) is 10.4 Å². The molecule has 0 saturated carbocycles. The van der Waals surface area contributed by atoms with E-state index in [9.17, 15) is 14.4 Å². The van der Waals surface area contributed by atoms with Crippen molar-refractivity contribution < 1.29 is 4.79 Å². The molecule has 1 N–H and O–H groups in total. The number of nitrogens with zero attached hydrogens (tertiary/aromatic N) is 4. The van der Waals surface area contributed by atoms with E-state index in [4.69, 9.17) is 0 Å². The SMILES string of the molecule is Cc1cccc(NC(=O)CSc2nc(-c3ccccc3)nc3c2c(=O)n(C)c(=O)n3C)c1C. The third-order valence-electron chi connectivity index (χ3n) is 5.52. The Labute approximate surface area is 194 Å². The molecule has 9 heteroatoms. The Morgan fingerprint density at radius 3 is 2.42 bits per heavy atom. The van der Waals surface area contributed by atoms with Gasteiger partial charge in [0, 0.05) is 25.3 Å². The maximum absolute atomic E-state index is 12.9. The van der Waals surface area contributed by atoms with Crippen molar-refractivity contribution in [3.8, 4) is 11.4 Å². The number of carbonyl (C=O) groups excluding carboxylic acids is 1. The van der Waals surface area contributed by atoms with Gasteiger partial charge in [0.2, 0.25) is 5.91 Å². The first kappa shape index (κ1) is 22.5. The molecule has 33 heavy (non-hydrogen) atoms. The highest BCUT2D eigenvalue weighted by molar-refractivity contribution is 8.00. The van der Waals surface area contributed by atoms with Crippen molar-refractivity contribution in [1.29, 1.82) is 0 Å². The summed E-state index contributed by atoms with van der Waals surface area (Å²) in [5.74, 6) is 0.201. The minimum Gasteiger partial charge on any atom is -0.325 e. The van der Waals surface area contributed by atoms with Crippen LogP contribution in [0.4, 0.5) is 5.69 Å². The fraction of sp³-hybridized carbons (Fsp3) is 0.208. The molecular formula is C24H23N5O3S. The maximum atomic E-state index is 12.9. The molecule has 4 aromatic rings. The van der Waals surface area contributed by atoms with E-state index in [-0.39, 0.29) is 22.7 Å². The Bertz CT molecular complexity index is 1490. The highest BCUT2D eigenvalue weighted by Crippen LogP contribution is 2.26. The fourth-order valence-electron chi connectivity index (χ4n) is 3.46. The molecule has 8 nitrogen and oxygen atoms in total. The molecule has 1 amide bonds. The highest BCUT2D eigenvalue weighted by atomic mass is 32.2.